The van der Waals surface area contributed by atoms with E-state index in [-0.39, 0.29) is 17.4 Å². The molecular weight excluding hydrogens is 390 g/mol. The molecule has 1 aliphatic heterocycles. The molecule has 0 aliphatic carbocycles. The molecule has 0 bridgehead atoms. The lowest BCUT2D eigenvalue weighted by Crippen LogP contribution is -2.18. The van der Waals surface area contributed by atoms with Crippen LogP contribution in [-0.4, -0.2) is 30.7 Å². The molecule has 0 saturated heterocycles. The van der Waals surface area contributed by atoms with Crippen LogP contribution in [0.5, 0.6) is 5.75 Å². The second-order valence-electron chi connectivity index (χ2n) is 6.89. The summed E-state index contributed by atoms with van der Waals surface area (Å²) in [6, 6.07) is 14.6. The summed E-state index contributed by atoms with van der Waals surface area (Å²) >= 11 is 0. The smallest absolute Gasteiger partial charge is 0.260 e. The first kappa shape index (κ1) is 19.2. The maximum atomic E-state index is 13.1. The Morgan fingerprint density at radius 2 is 1.86 bits per heavy atom. The summed E-state index contributed by atoms with van der Waals surface area (Å²) < 4.78 is 31.4. The number of anilines is 1. The minimum absolute atomic E-state index is 0.125. The largest absolute Gasteiger partial charge is 0.493 e. The van der Waals surface area contributed by atoms with Crippen molar-refractivity contribution >= 4 is 21.6 Å². The Labute approximate surface area is 169 Å². The van der Waals surface area contributed by atoms with Crippen molar-refractivity contribution < 1.29 is 17.9 Å². The molecule has 8 heteroatoms. The van der Waals surface area contributed by atoms with Crippen LogP contribution in [0, 0.1) is 6.92 Å². The molecule has 4 rings (SSSR count). The molecule has 2 aromatic carbocycles. The quantitative estimate of drug-likeness (QED) is 0.696. The van der Waals surface area contributed by atoms with E-state index in [1.54, 1.807) is 28.9 Å². The van der Waals surface area contributed by atoms with E-state index in [2.05, 4.69) is 10.4 Å². The van der Waals surface area contributed by atoms with E-state index in [4.69, 9.17) is 4.74 Å². The van der Waals surface area contributed by atoms with Crippen LogP contribution < -0.4 is 10.1 Å². The number of rotatable bonds is 5. The molecule has 1 aliphatic rings. The SMILES string of the molecule is CCOc1ccccc1C(=O)Nc1c2c(nn1-c1ccccc1C)CS(=O)(=O)C2. The third-order valence-corrected chi connectivity index (χ3v) is 6.24. The molecule has 1 amide bonds. The summed E-state index contributed by atoms with van der Waals surface area (Å²) in [5.74, 6) is 0.206. The highest BCUT2D eigenvalue weighted by molar-refractivity contribution is 7.90. The van der Waals surface area contributed by atoms with Crippen LogP contribution in [0.1, 0.15) is 34.1 Å². The Morgan fingerprint density at radius 1 is 1.14 bits per heavy atom. The third kappa shape index (κ3) is 3.63. The number of fused-ring (bicyclic) bond motifs is 1. The normalized spacial score (nSPS) is 14.4. The van der Waals surface area contributed by atoms with E-state index in [0.717, 1.165) is 11.3 Å². The van der Waals surface area contributed by atoms with Crippen molar-refractivity contribution in [2.45, 2.75) is 25.4 Å². The zero-order chi connectivity index (χ0) is 20.6. The van der Waals surface area contributed by atoms with Crippen LogP contribution in [0.25, 0.3) is 5.69 Å². The lowest BCUT2D eigenvalue weighted by molar-refractivity contribution is 0.102. The fraction of sp³-hybridized carbons (Fsp3) is 0.238. The van der Waals surface area contributed by atoms with Gasteiger partial charge < -0.3 is 10.1 Å². The van der Waals surface area contributed by atoms with Gasteiger partial charge in [0, 0.05) is 5.56 Å². The number of hydrogen-bond donors (Lipinski definition) is 1. The monoisotopic (exact) mass is 411 g/mol. The molecule has 2 heterocycles. The topological polar surface area (TPSA) is 90.3 Å². The van der Waals surface area contributed by atoms with Gasteiger partial charge in [0.25, 0.3) is 5.91 Å². The first-order valence-corrected chi connectivity index (χ1v) is 11.1. The van der Waals surface area contributed by atoms with Crippen molar-refractivity contribution in [1.82, 2.24) is 9.78 Å². The maximum absolute atomic E-state index is 13.1. The number of para-hydroxylation sites is 2. The van der Waals surface area contributed by atoms with Gasteiger partial charge in [-0.3, -0.25) is 4.79 Å². The molecule has 7 nitrogen and oxygen atoms in total. The fourth-order valence-corrected chi connectivity index (χ4v) is 4.95. The molecular formula is C21H21N3O4S. The second-order valence-corrected chi connectivity index (χ2v) is 8.95. The highest BCUT2D eigenvalue weighted by Crippen LogP contribution is 2.34. The highest BCUT2D eigenvalue weighted by atomic mass is 32.2. The summed E-state index contributed by atoms with van der Waals surface area (Å²) in [6.07, 6.45) is 0. The number of sulfone groups is 1. The molecule has 29 heavy (non-hydrogen) atoms. The summed E-state index contributed by atoms with van der Waals surface area (Å²) in [5, 5.41) is 7.40. The number of carbonyl (C=O) groups excluding carboxylic acids is 1. The van der Waals surface area contributed by atoms with E-state index in [9.17, 15) is 13.2 Å². The molecule has 0 radical (unpaired) electrons. The predicted molar refractivity (Wildman–Crippen MR) is 110 cm³/mol. The van der Waals surface area contributed by atoms with Gasteiger partial charge in [-0.1, -0.05) is 30.3 Å². The lowest BCUT2D eigenvalue weighted by atomic mass is 10.1. The predicted octanol–water partition coefficient (Wildman–Crippen LogP) is 3.26. The minimum Gasteiger partial charge on any atom is -0.493 e. The van der Waals surface area contributed by atoms with E-state index >= 15 is 0 Å². The first-order chi connectivity index (χ1) is 13.9. The van der Waals surface area contributed by atoms with Crippen LogP contribution in [0.3, 0.4) is 0 Å². The van der Waals surface area contributed by atoms with Gasteiger partial charge in [0.15, 0.2) is 9.84 Å². The van der Waals surface area contributed by atoms with Crippen molar-refractivity contribution in [3.8, 4) is 11.4 Å². The molecule has 150 valence electrons. The lowest BCUT2D eigenvalue weighted by Gasteiger charge is -2.14. The Bertz CT molecular complexity index is 1200. The molecule has 0 spiro atoms. The van der Waals surface area contributed by atoms with Gasteiger partial charge in [-0.15, -0.1) is 0 Å². The standard InChI is InChI=1S/C21H21N3O4S/c1-3-28-19-11-7-5-9-15(19)21(25)22-20-16-12-29(26,27)13-17(16)23-24(20)18-10-6-4-8-14(18)2/h4-11H,3,12-13H2,1-2H3,(H,22,25). The molecule has 0 unspecified atom stereocenters. The molecule has 0 atom stereocenters. The maximum Gasteiger partial charge on any atom is 0.260 e. The Balaban J connectivity index is 1.79. The number of nitrogens with one attached hydrogen (secondary N) is 1. The van der Waals surface area contributed by atoms with Crippen molar-refractivity contribution in [2.24, 2.45) is 0 Å². The van der Waals surface area contributed by atoms with Gasteiger partial charge in [-0.2, -0.15) is 5.10 Å². The summed E-state index contributed by atoms with van der Waals surface area (Å²) in [5.41, 5.74) is 3.13. The summed E-state index contributed by atoms with van der Waals surface area (Å²) in [7, 11) is -3.26. The summed E-state index contributed by atoms with van der Waals surface area (Å²) in [4.78, 5) is 13.1. The van der Waals surface area contributed by atoms with Crippen LogP contribution in [-0.2, 0) is 21.3 Å². The Kier molecular flexibility index (Phi) is 4.87. The molecule has 1 aromatic heterocycles. The molecule has 1 N–H and O–H groups in total. The molecule has 0 saturated carbocycles. The minimum atomic E-state index is -3.26. The van der Waals surface area contributed by atoms with Crippen molar-refractivity contribution in [2.75, 3.05) is 11.9 Å². The Morgan fingerprint density at radius 3 is 2.62 bits per heavy atom. The van der Waals surface area contributed by atoms with Gasteiger partial charge in [0.1, 0.15) is 11.6 Å². The number of hydrogen-bond acceptors (Lipinski definition) is 5. The average molecular weight is 411 g/mol. The van der Waals surface area contributed by atoms with Gasteiger partial charge in [-0.25, -0.2) is 13.1 Å². The van der Waals surface area contributed by atoms with Gasteiger partial charge in [0.05, 0.1) is 35.1 Å². The molecule has 3 aromatic rings. The number of aromatic nitrogens is 2. The van der Waals surface area contributed by atoms with E-state index < -0.39 is 9.84 Å². The van der Waals surface area contributed by atoms with Crippen molar-refractivity contribution in [3.05, 3.63) is 70.9 Å². The first-order valence-electron chi connectivity index (χ1n) is 9.30. The fourth-order valence-electron chi connectivity index (χ4n) is 3.46. The van der Waals surface area contributed by atoms with Crippen molar-refractivity contribution in [3.63, 3.8) is 0 Å². The van der Waals surface area contributed by atoms with Crippen LogP contribution >= 0.6 is 0 Å². The number of aryl methyl sites for hydroxylation is 1. The number of nitrogens with zero attached hydrogens (tertiary/aromatic N) is 2. The molecule has 0 fully saturated rings. The third-order valence-electron chi connectivity index (χ3n) is 4.79. The summed E-state index contributed by atoms with van der Waals surface area (Å²) in [6.45, 7) is 4.22. The van der Waals surface area contributed by atoms with Gasteiger partial charge in [0.2, 0.25) is 0 Å². The van der Waals surface area contributed by atoms with E-state index in [1.807, 2.05) is 38.1 Å². The zero-order valence-corrected chi connectivity index (χ0v) is 17.0. The van der Waals surface area contributed by atoms with Gasteiger partial charge >= 0.3 is 0 Å². The van der Waals surface area contributed by atoms with Crippen LogP contribution in [0.2, 0.25) is 0 Å². The Hall–Kier alpha value is -3.13. The van der Waals surface area contributed by atoms with Crippen LogP contribution in [0.15, 0.2) is 48.5 Å². The van der Waals surface area contributed by atoms with Gasteiger partial charge in [-0.05, 0) is 37.6 Å². The van der Waals surface area contributed by atoms with E-state index in [0.29, 0.717) is 35.0 Å². The van der Waals surface area contributed by atoms with E-state index in [1.165, 1.54) is 0 Å². The average Bonchev–Trinajstić information content (AvgIpc) is 3.15. The number of benzene rings is 2. The number of ether oxygens (including phenoxy) is 1. The number of carbonyl (C=O) groups is 1. The number of amides is 1. The highest BCUT2D eigenvalue weighted by Gasteiger charge is 2.33. The van der Waals surface area contributed by atoms with Crippen LogP contribution in [0.4, 0.5) is 5.82 Å². The second kappa shape index (κ2) is 7.36. The zero-order valence-electron chi connectivity index (χ0n) is 16.2. The van der Waals surface area contributed by atoms with Crippen molar-refractivity contribution in [1.29, 1.82) is 0 Å².